The Bertz CT molecular complexity index is 476. The average molecular weight is 227 g/mol. The molecule has 0 atom stereocenters. The largest absolute Gasteiger partial charge is 0.224 e. The van der Waals surface area contributed by atoms with Gasteiger partial charge in [0.25, 0.3) is 0 Å². The maximum Gasteiger partial charge on any atom is 0.178 e. The highest BCUT2D eigenvalue weighted by molar-refractivity contribution is 7.91. The fraction of sp³-hybridized carbons (Fsp3) is 0.300. The summed E-state index contributed by atoms with van der Waals surface area (Å²) in [6.07, 6.45) is 0.462. The molecule has 0 heterocycles. The predicted molar refractivity (Wildman–Crippen MR) is 53.3 cm³/mol. The van der Waals surface area contributed by atoms with Crippen molar-refractivity contribution in [2.24, 2.45) is 0 Å². The molecule has 15 heavy (non-hydrogen) atoms. The molecule has 0 saturated heterocycles. The van der Waals surface area contributed by atoms with Crippen molar-refractivity contribution in [3.8, 4) is 6.07 Å². The molecular formula is C10H10FNO2S. The van der Waals surface area contributed by atoms with E-state index in [2.05, 4.69) is 0 Å². The Balaban J connectivity index is 2.83. The number of nitrogens with zero attached hydrogens (tertiary/aromatic N) is 1. The lowest BCUT2D eigenvalue weighted by Gasteiger charge is -2.02. The zero-order valence-corrected chi connectivity index (χ0v) is 8.80. The van der Waals surface area contributed by atoms with E-state index >= 15 is 0 Å². The molecule has 0 fully saturated rings. The number of sulfone groups is 1. The summed E-state index contributed by atoms with van der Waals surface area (Å²) in [7, 11) is -3.45. The molecule has 0 radical (unpaired) electrons. The first-order chi connectivity index (χ1) is 7.06. The molecule has 0 unspecified atom stereocenters. The van der Waals surface area contributed by atoms with Gasteiger partial charge in [0.05, 0.1) is 16.7 Å². The molecule has 0 saturated carbocycles. The molecule has 0 aliphatic heterocycles. The lowest BCUT2D eigenvalue weighted by Crippen LogP contribution is -2.06. The van der Waals surface area contributed by atoms with Crippen LogP contribution in [0.4, 0.5) is 4.39 Å². The van der Waals surface area contributed by atoms with Crippen molar-refractivity contribution in [1.82, 2.24) is 0 Å². The second-order valence-electron chi connectivity index (χ2n) is 3.04. The average Bonchev–Trinajstić information content (AvgIpc) is 2.18. The standard InChI is InChI=1S/C10H10FNO2S/c11-9-4-3-5-10(8-9)15(13,14)7-2-1-6-12/h3-5,8H,1-2,7H2. The Morgan fingerprint density at radius 2 is 2.13 bits per heavy atom. The van der Waals surface area contributed by atoms with E-state index in [1.807, 2.05) is 6.07 Å². The van der Waals surface area contributed by atoms with Gasteiger partial charge in [0, 0.05) is 6.42 Å². The minimum Gasteiger partial charge on any atom is -0.224 e. The molecule has 0 amide bonds. The van der Waals surface area contributed by atoms with Gasteiger partial charge >= 0.3 is 0 Å². The topological polar surface area (TPSA) is 57.9 Å². The molecule has 80 valence electrons. The number of benzene rings is 1. The minimum atomic E-state index is -3.45. The van der Waals surface area contributed by atoms with Gasteiger partial charge in [-0.1, -0.05) is 6.07 Å². The van der Waals surface area contributed by atoms with E-state index in [-0.39, 0.29) is 23.5 Å². The van der Waals surface area contributed by atoms with Gasteiger partial charge in [0.2, 0.25) is 0 Å². The Kier molecular flexibility index (Phi) is 3.81. The Labute approximate surface area is 88.1 Å². The second kappa shape index (κ2) is 4.89. The molecule has 3 nitrogen and oxygen atoms in total. The van der Waals surface area contributed by atoms with Gasteiger partial charge in [-0.2, -0.15) is 5.26 Å². The molecule has 0 N–H and O–H groups in total. The van der Waals surface area contributed by atoms with Gasteiger partial charge in [0.1, 0.15) is 5.82 Å². The summed E-state index contributed by atoms with van der Waals surface area (Å²) >= 11 is 0. The highest BCUT2D eigenvalue weighted by Crippen LogP contribution is 2.13. The van der Waals surface area contributed by atoms with Crippen LogP contribution in [-0.4, -0.2) is 14.2 Å². The van der Waals surface area contributed by atoms with E-state index in [0.29, 0.717) is 0 Å². The summed E-state index contributed by atoms with van der Waals surface area (Å²) in [6.45, 7) is 0. The van der Waals surface area contributed by atoms with Crippen LogP contribution in [0, 0.1) is 17.1 Å². The molecule has 1 rings (SSSR count). The van der Waals surface area contributed by atoms with Crippen LogP contribution in [0.25, 0.3) is 0 Å². The van der Waals surface area contributed by atoms with Gasteiger partial charge in [-0.3, -0.25) is 0 Å². The second-order valence-corrected chi connectivity index (χ2v) is 5.15. The maximum atomic E-state index is 12.8. The van der Waals surface area contributed by atoms with E-state index in [1.54, 1.807) is 0 Å². The Morgan fingerprint density at radius 3 is 2.73 bits per heavy atom. The minimum absolute atomic E-state index is 0.0274. The first-order valence-corrected chi connectivity index (χ1v) is 6.07. The molecule has 1 aromatic carbocycles. The SMILES string of the molecule is N#CCCCS(=O)(=O)c1cccc(F)c1. The van der Waals surface area contributed by atoms with E-state index in [0.717, 1.165) is 6.07 Å². The molecule has 0 bridgehead atoms. The molecule has 0 aromatic heterocycles. The van der Waals surface area contributed by atoms with Crippen LogP contribution >= 0.6 is 0 Å². The summed E-state index contributed by atoms with van der Waals surface area (Å²) in [5.74, 6) is -0.694. The van der Waals surface area contributed by atoms with Crippen LogP contribution in [0.15, 0.2) is 29.2 Å². The lowest BCUT2D eigenvalue weighted by molar-refractivity contribution is 0.589. The van der Waals surface area contributed by atoms with E-state index in [9.17, 15) is 12.8 Å². The molecule has 5 heteroatoms. The summed E-state index contributed by atoms with van der Waals surface area (Å²) in [5.41, 5.74) is 0. The normalized spacial score (nSPS) is 10.9. The maximum absolute atomic E-state index is 12.8. The fourth-order valence-corrected chi connectivity index (χ4v) is 2.46. The Hall–Kier alpha value is -1.41. The number of unbranched alkanes of at least 4 members (excludes halogenated alkanes) is 1. The van der Waals surface area contributed by atoms with Crippen LogP contribution in [0.3, 0.4) is 0 Å². The van der Waals surface area contributed by atoms with Crippen LogP contribution in [0.1, 0.15) is 12.8 Å². The number of halogens is 1. The predicted octanol–water partition coefficient (Wildman–Crippen LogP) is 1.90. The van der Waals surface area contributed by atoms with Crippen LogP contribution in [0.2, 0.25) is 0 Å². The van der Waals surface area contributed by atoms with Gasteiger partial charge in [-0.05, 0) is 24.6 Å². The van der Waals surface area contributed by atoms with Crippen molar-refractivity contribution >= 4 is 9.84 Å². The number of rotatable bonds is 4. The van der Waals surface area contributed by atoms with Crippen LogP contribution < -0.4 is 0 Å². The summed E-state index contributed by atoms with van der Waals surface area (Å²) in [4.78, 5) is -0.0274. The summed E-state index contributed by atoms with van der Waals surface area (Å²) in [6, 6.07) is 6.75. The highest BCUT2D eigenvalue weighted by atomic mass is 32.2. The first kappa shape index (κ1) is 11.7. The monoisotopic (exact) mass is 227 g/mol. The van der Waals surface area contributed by atoms with Crippen LogP contribution in [0.5, 0.6) is 0 Å². The molecular weight excluding hydrogens is 217 g/mol. The van der Waals surface area contributed by atoms with Gasteiger partial charge in [0.15, 0.2) is 9.84 Å². The third-order valence-electron chi connectivity index (χ3n) is 1.86. The number of hydrogen-bond donors (Lipinski definition) is 0. The van der Waals surface area contributed by atoms with Gasteiger partial charge < -0.3 is 0 Å². The van der Waals surface area contributed by atoms with Crippen molar-refractivity contribution in [3.63, 3.8) is 0 Å². The third kappa shape index (κ3) is 3.33. The van der Waals surface area contributed by atoms with Crippen molar-refractivity contribution < 1.29 is 12.8 Å². The quantitative estimate of drug-likeness (QED) is 0.738. The number of hydrogen-bond acceptors (Lipinski definition) is 3. The van der Waals surface area contributed by atoms with Gasteiger partial charge in [-0.25, -0.2) is 12.8 Å². The van der Waals surface area contributed by atoms with E-state index in [1.165, 1.54) is 18.2 Å². The van der Waals surface area contributed by atoms with E-state index in [4.69, 9.17) is 5.26 Å². The van der Waals surface area contributed by atoms with Crippen molar-refractivity contribution in [2.75, 3.05) is 5.75 Å². The fourth-order valence-electron chi connectivity index (χ4n) is 1.12. The van der Waals surface area contributed by atoms with Crippen LogP contribution in [-0.2, 0) is 9.84 Å². The van der Waals surface area contributed by atoms with Crippen molar-refractivity contribution in [2.45, 2.75) is 17.7 Å². The highest BCUT2D eigenvalue weighted by Gasteiger charge is 2.14. The van der Waals surface area contributed by atoms with Gasteiger partial charge in [-0.15, -0.1) is 0 Å². The van der Waals surface area contributed by atoms with Crippen molar-refractivity contribution in [1.29, 1.82) is 5.26 Å². The molecule has 0 aliphatic rings. The summed E-state index contributed by atoms with van der Waals surface area (Å²) < 4.78 is 35.9. The zero-order chi connectivity index (χ0) is 11.3. The smallest absolute Gasteiger partial charge is 0.178 e. The number of nitriles is 1. The Morgan fingerprint density at radius 1 is 1.40 bits per heavy atom. The first-order valence-electron chi connectivity index (χ1n) is 4.41. The zero-order valence-electron chi connectivity index (χ0n) is 7.98. The van der Waals surface area contributed by atoms with E-state index < -0.39 is 15.7 Å². The third-order valence-corrected chi connectivity index (χ3v) is 3.66. The van der Waals surface area contributed by atoms with Crippen molar-refractivity contribution in [3.05, 3.63) is 30.1 Å². The molecule has 0 aliphatic carbocycles. The molecule has 1 aromatic rings. The summed E-state index contributed by atoms with van der Waals surface area (Å²) in [5, 5.41) is 8.27. The molecule has 0 spiro atoms. The lowest BCUT2D eigenvalue weighted by atomic mass is 10.3.